The molecule has 0 fully saturated rings. The number of aromatic amines is 5. The number of imidazole rings is 3. The standard InChI is InChI=1S/C26H13N19/c1-2-28-10-5-11(40-39-9(1)10)13-14(22-34-12-6-27-7-32-21(12)36-22)16(24-37-25-26(38-24)30-4-3-29-25)35-17-15(13)41-42-18(17)19-20-23(33-8-31-20)44-45-43-19/h1-8,39H,(H,41,42)(H,27,32,34,36)(H,29,30,37,38)(H,31,33,43,44). The van der Waals surface area contributed by atoms with Gasteiger partial charge >= 0.3 is 0 Å². The van der Waals surface area contributed by atoms with Crippen LogP contribution in [-0.2, 0) is 0 Å². The van der Waals surface area contributed by atoms with Crippen molar-refractivity contribution < 1.29 is 0 Å². The van der Waals surface area contributed by atoms with Crippen molar-refractivity contribution in [1.29, 1.82) is 0 Å². The number of rotatable bonds is 4. The third kappa shape index (κ3) is 3.39. The van der Waals surface area contributed by atoms with E-state index in [0.29, 0.717) is 96.3 Å². The second kappa shape index (κ2) is 8.67. The van der Waals surface area contributed by atoms with Crippen LogP contribution >= 0.6 is 0 Å². The van der Waals surface area contributed by atoms with E-state index in [-0.39, 0.29) is 0 Å². The van der Waals surface area contributed by atoms with Crippen LogP contribution in [-0.4, -0.2) is 95.6 Å². The van der Waals surface area contributed by atoms with Gasteiger partial charge < -0.3 is 9.97 Å². The van der Waals surface area contributed by atoms with Crippen LogP contribution in [0.4, 0.5) is 0 Å². The molecule has 5 N–H and O–H groups in total. The maximum atomic E-state index is 5.13. The van der Waals surface area contributed by atoms with Crippen molar-refractivity contribution >= 4 is 33.5 Å². The van der Waals surface area contributed by atoms with E-state index in [4.69, 9.17) is 20.1 Å². The number of nitrogens with zero attached hydrogens (tertiary/aromatic N) is 14. The average Bonchev–Trinajstić information content (AvgIpc) is 3.91. The Morgan fingerprint density at radius 2 is 1.56 bits per heavy atom. The van der Waals surface area contributed by atoms with E-state index in [1.807, 2.05) is 12.1 Å². The highest BCUT2D eigenvalue weighted by Gasteiger charge is 2.30. The minimum Gasteiger partial charge on any atom is -0.335 e. The molecular formula is C26H13N19. The smallest absolute Gasteiger partial charge is 0.197 e. The summed E-state index contributed by atoms with van der Waals surface area (Å²) in [6.07, 6.45) is 9.37. The molecule has 4 aliphatic heterocycles. The molecule has 0 unspecified atom stereocenters. The van der Waals surface area contributed by atoms with Crippen LogP contribution in [0.15, 0.2) is 49.6 Å². The summed E-state index contributed by atoms with van der Waals surface area (Å²) in [7, 11) is 0. The molecule has 6 aromatic heterocycles. The molecule has 45 heavy (non-hydrogen) atoms. The number of pyridine rings is 1. The first-order valence-corrected chi connectivity index (χ1v) is 13.4. The van der Waals surface area contributed by atoms with Gasteiger partial charge in [0.05, 0.1) is 34.4 Å². The number of aromatic nitrogens is 19. The molecule has 0 saturated heterocycles. The highest BCUT2D eigenvalue weighted by molar-refractivity contribution is 6.08. The fourth-order valence-corrected chi connectivity index (χ4v) is 5.41. The Hall–Kier alpha value is -7.18. The first-order valence-electron chi connectivity index (χ1n) is 13.4. The number of fused-ring (bicyclic) bond motifs is 5. The van der Waals surface area contributed by atoms with Crippen LogP contribution in [0.2, 0.25) is 0 Å². The van der Waals surface area contributed by atoms with E-state index in [1.165, 1.54) is 12.7 Å². The summed E-state index contributed by atoms with van der Waals surface area (Å²) < 4.78 is 0. The van der Waals surface area contributed by atoms with Crippen molar-refractivity contribution in [2.45, 2.75) is 0 Å². The van der Waals surface area contributed by atoms with Gasteiger partial charge in [-0.1, -0.05) is 5.21 Å². The highest BCUT2D eigenvalue weighted by Crippen LogP contribution is 2.43. The van der Waals surface area contributed by atoms with E-state index in [2.05, 4.69) is 75.6 Å². The lowest BCUT2D eigenvalue weighted by molar-refractivity contribution is 0.859. The van der Waals surface area contributed by atoms with E-state index in [1.54, 1.807) is 24.8 Å². The molecule has 212 valence electrons. The van der Waals surface area contributed by atoms with Gasteiger partial charge in [-0.25, -0.2) is 50.0 Å². The lowest BCUT2D eigenvalue weighted by Gasteiger charge is -2.13. The molecule has 0 aromatic carbocycles. The van der Waals surface area contributed by atoms with Crippen LogP contribution in [0.1, 0.15) is 0 Å². The van der Waals surface area contributed by atoms with Crippen molar-refractivity contribution in [3.05, 3.63) is 49.6 Å². The van der Waals surface area contributed by atoms with E-state index >= 15 is 0 Å². The van der Waals surface area contributed by atoms with Crippen molar-refractivity contribution in [1.82, 2.24) is 95.6 Å². The van der Waals surface area contributed by atoms with Gasteiger partial charge in [-0.05, 0) is 12.1 Å². The Morgan fingerprint density at radius 1 is 0.600 bits per heavy atom. The molecule has 0 radical (unpaired) electrons. The molecule has 0 saturated carbocycles. The predicted molar refractivity (Wildman–Crippen MR) is 155 cm³/mol. The van der Waals surface area contributed by atoms with Crippen molar-refractivity contribution in [2.24, 2.45) is 0 Å². The quantitative estimate of drug-likeness (QED) is 0.196. The summed E-state index contributed by atoms with van der Waals surface area (Å²) >= 11 is 0. The minimum absolute atomic E-state index is 0.379. The highest BCUT2D eigenvalue weighted by atomic mass is 15.3. The molecule has 6 aromatic rings. The Balaban J connectivity index is 1.37. The van der Waals surface area contributed by atoms with Gasteiger partial charge in [-0.15, -0.1) is 5.10 Å². The maximum absolute atomic E-state index is 5.13. The molecule has 0 amide bonds. The van der Waals surface area contributed by atoms with Gasteiger partial charge in [0.25, 0.3) is 0 Å². The summed E-state index contributed by atoms with van der Waals surface area (Å²) in [5.74, 6) is 1.28. The Bertz CT molecular complexity index is 2570. The summed E-state index contributed by atoms with van der Waals surface area (Å²) in [4.78, 5) is 51.6. The first kappa shape index (κ1) is 23.4. The van der Waals surface area contributed by atoms with E-state index in [9.17, 15) is 0 Å². The second-order valence-electron chi connectivity index (χ2n) is 9.89. The summed E-state index contributed by atoms with van der Waals surface area (Å²) in [5, 5.41) is 26.7. The van der Waals surface area contributed by atoms with Crippen molar-refractivity contribution in [2.75, 3.05) is 0 Å². The SMILES string of the molecule is c1cc2[nH]nc(-c3c(-c4nc5ncncc5[nH]4)c(-c4nc5nccnc5[nH]4)nc4c(-c5nn[nH]c6ncnc5-6)n[nH]c34)cc-2n1. The molecule has 19 nitrogen and oxygen atoms in total. The van der Waals surface area contributed by atoms with E-state index in [0.717, 1.165) is 5.69 Å². The normalized spacial score (nSPS) is 12.0. The largest absolute Gasteiger partial charge is 0.335 e. The molecule has 19 heteroatoms. The predicted octanol–water partition coefficient (Wildman–Crippen LogP) is 2.19. The molecule has 0 bridgehead atoms. The van der Waals surface area contributed by atoms with Crippen LogP contribution in [0.5, 0.6) is 0 Å². The van der Waals surface area contributed by atoms with Crippen LogP contribution < -0.4 is 0 Å². The average molecular weight is 592 g/mol. The lowest BCUT2D eigenvalue weighted by Crippen LogP contribution is -2.02. The van der Waals surface area contributed by atoms with Gasteiger partial charge in [-0.3, -0.25) is 15.2 Å². The molecule has 10 rings (SSSR count). The van der Waals surface area contributed by atoms with Gasteiger partial charge in [0.2, 0.25) is 0 Å². The summed E-state index contributed by atoms with van der Waals surface area (Å²) in [6.45, 7) is 0. The second-order valence-corrected chi connectivity index (χ2v) is 9.89. The van der Waals surface area contributed by atoms with Crippen LogP contribution in [0, 0.1) is 0 Å². The number of H-pyrrole nitrogens is 5. The monoisotopic (exact) mass is 591 g/mol. The number of hydrogen-bond acceptors (Lipinski definition) is 14. The molecule has 4 aliphatic rings. The Morgan fingerprint density at radius 3 is 2.51 bits per heavy atom. The first-order chi connectivity index (χ1) is 22.3. The fourth-order valence-electron chi connectivity index (χ4n) is 5.41. The number of nitrogens with one attached hydrogen (secondary N) is 5. The Kier molecular flexibility index (Phi) is 4.51. The third-order valence-electron chi connectivity index (χ3n) is 7.37. The minimum atomic E-state index is 0.379. The fraction of sp³-hybridized carbons (Fsp3) is 0. The molecule has 0 aliphatic carbocycles. The summed E-state index contributed by atoms with van der Waals surface area (Å²) in [5.41, 5.74) is 7.81. The van der Waals surface area contributed by atoms with E-state index < -0.39 is 0 Å². The zero-order chi connectivity index (χ0) is 29.5. The van der Waals surface area contributed by atoms with Crippen molar-refractivity contribution in [3.8, 4) is 68.5 Å². The van der Waals surface area contributed by atoms with Gasteiger partial charge in [-0.2, -0.15) is 10.2 Å². The zero-order valence-corrected chi connectivity index (χ0v) is 22.4. The summed E-state index contributed by atoms with van der Waals surface area (Å²) in [6, 6.07) is 3.72. The van der Waals surface area contributed by atoms with Crippen molar-refractivity contribution in [3.63, 3.8) is 0 Å². The third-order valence-corrected chi connectivity index (χ3v) is 7.37. The van der Waals surface area contributed by atoms with Crippen LogP contribution in [0.25, 0.3) is 102 Å². The topological polar surface area (TPSA) is 259 Å². The molecule has 0 atom stereocenters. The molecular weight excluding hydrogens is 578 g/mol. The van der Waals surface area contributed by atoms with Crippen LogP contribution in [0.3, 0.4) is 0 Å². The van der Waals surface area contributed by atoms with Gasteiger partial charge in [0.1, 0.15) is 52.3 Å². The maximum Gasteiger partial charge on any atom is 0.197 e. The zero-order valence-electron chi connectivity index (χ0n) is 22.4. The lowest BCUT2D eigenvalue weighted by atomic mass is 9.98. The van der Waals surface area contributed by atoms with Gasteiger partial charge in [0.15, 0.2) is 28.6 Å². The van der Waals surface area contributed by atoms with Gasteiger partial charge in [0, 0.05) is 24.2 Å². The molecule has 0 spiro atoms. The number of hydrogen-bond donors (Lipinski definition) is 5. The Labute approximate surface area is 247 Å². The molecule has 10 heterocycles.